The fourth-order valence-corrected chi connectivity index (χ4v) is 3.43. The van der Waals surface area contributed by atoms with E-state index in [0.717, 1.165) is 46.9 Å². The molecule has 5 nitrogen and oxygen atoms in total. The van der Waals surface area contributed by atoms with E-state index in [0.29, 0.717) is 6.54 Å². The first-order valence-corrected chi connectivity index (χ1v) is 8.24. The fourth-order valence-electron chi connectivity index (χ4n) is 3.43. The second-order valence-electron chi connectivity index (χ2n) is 6.19. The molecule has 2 aromatic rings. The molecule has 2 heterocycles. The summed E-state index contributed by atoms with van der Waals surface area (Å²) in [5, 5.41) is 14.9. The Morgan fingerprint density at radius 2 is 2.21 bits per heavy atom. The maximum Gasteiger partial charge on any atom is 0.212 e. The first-order chi connectivity index (χ1) is 11.7. The highest BCUT2D eigenvalue weighted by Gasteiger charge is 2.25. The molecule has 0 amide bonds. The molecule has 122 valence electrons. The lowest BCUT2D eigenvalue weighted by Crippen LogP contribution is -2.24. The number of aryl methyl sites for hydroxylation is 1. The third-order valence-electron chi connectivity index (χ3n) is 4.63. The largest absolute Gasteiger partial charge is 0.493 e. The summed E-state index contributed by atoms with van der Waals surface area (Å²) in [6.45, 7) is 3.66. The summed E-state index contributed by atoms with van der Waals surface area (Å²) in [5.41, 5.74) is 12.6. The van der Waals surface area contributed by atoms with Crippen LogP contribution in [0.4, 0.5) is 5.69 Å². The van der Waals surface area contributed by atoms with E-state index in [1.165, 1.54) is 16.7 Å². The second-order valence-corrected chi connectivity index (χ2v) is 6.19. The molecule has 4 N–H and O–H groups in total. The highest BCUT2D eigenvalue weighted by Crippen LogP contribution is 2.38. The Morgan fingerprint density at radius 3 is 3.04 bits per heavy atom. The van der Waals surface area contributed by atoms with Crippen molar-refractivity contribution in [1.29, 1.82) is 0 Å². The zero-order valence-electron chi connectivity index (χ0n) is 13.6. The molecule has 0 saturated carbocycles. The third-order valence-corrected chi connectivity index (χ3v) is 4.63. The van der Waals surface area contributed by atoms with Crippen molar-refractivity contribution in [2.24, 2.45) is 10.7 Å². The summed E-state index contributed by atoms with van der Waals surface area (Å²) < 4.78 is 0. The van der Waals surface area contributed by atoms with E-state index < -0.39 is 0 Å². The van der Waals surface area contributed by atoms with Crippen molar-refractivity contribution >= 4 is 11.3 Å². The Kier molecular flexibility index (Phi) is 3.58. The number of nitrogens with zero attached hydrogens (tertiary/aromatic N) is 2. The molecule has 0 atom stereocenters. The standard InChI is InChI=1S/C19H20N4O/c1-11-3-5-14(21-8-2-7-20)18-12(11)4-6-15-19(18)13-10-22-17(24)9-16(13)23-15/h3,5-6,9-10,21,24H,2,4,7-8,20H2,1H3. The highest BCUT2D eigenvalue weighted by molar-refractivity contribution is 5.90. The van der Waals surface area contributed by atoms with Gasteiger partial charge in [-0.1, -0.05) is 12.1 Å². The molecule has 1 aliphatic heterocycles. The Bertz CT molecular complexity index is 976. The van der Waals surface area contributed by atoms with Gasteiger partial charge in [0.2, 0.25) is 5.88 Å². The number of benzene rings is 1. The first kappa shape index (κ1) is 14.9. The van der Waals surface area contributed by atoms with Gasteiger partial charge in [-0.05, 0) is 43.5 Å². The van der Waals surface area contributed by atoms with Crippen molar-refractivity contribution in [3.8, 4) is 5.88 Å². The van der Waals surface area contributed by atoms with E-state index in [9.17, 15) is 5.11 Å². The third kappa shape index (κ3) is 2.29. The van der Waals surface area contributed by atoms with E-state index in [4.69, 9.17) is 5.73 Å². The molecule has 24 heavy (non-hydrogen) atoms. The number of nitrogens with one attached hydrogen (secondary N) is 1. The molecule has 2 aliphatic rings. The van der Waals surface area contributed by atoms with Crippen LogP contribution in [0.15, 0.2) is 41.2 Å². The van der Waals surface area contributed by atoms with E-state index in [2.05, 4.69) is 40.4 Å². The number of hydrogen-bond donors (Lipinski definition) is 3. The lowest BCUT2D eigenvalue weighted by molar-refractivity contribution is 0.452. The van der Waals surface area contributed by atoms with Gasteiger partial charge in [-0.3, -0.25) is 0 Å². The van der Waals surface area contributed by atoms with Crippen LogP contribution in [-0.2, 0) is 6.42 Å². The molecule has 0 spiro atoms. The predicted molar refractivity (Wildman–Crippen MR) is 94.3 cm³/mol. The highest BCUT2D eigenvalue weighted by atomic mass is 16.3. The predicted octanol–water partition coefficient (Wildman–Crippen LogP) is 1.13. The summed E-state index contributed by atoms with van der Waals surface area (Å²) in [7, 11) is 0. The van der Waals surface area contributed by atoms with Crippen LogP contribution in [0.25, 0.3) is 5.57 Å². The van der Waals surface area contributed by atoms with Gasteiger partial charge < -0.3 is 16.2 Å². The molecule has 1 aromatic carbocycles. The number of hydrogen-bond acceptors (Lipinski definition) is 5. The minimum Gasteiger partial charge on any atom is -0.493 e. The van der Waals surface area contributed by atoms with Gasteiger partial charge in [0.25, 0.3) is 0 Å². The molecule has 4 rings (SSSR count). The van der Waals surface area contributed by atoms with Gasteiger partial charge in [0.1, 0.15) is 0 Å². The summed E-state index contributed by atoms with van der Waals surface area (Å²) in [5.74, 6) is 0.00288. The Hall–Kier alpha value is -2.66. The van der Waals surface area contributed by atoms with Crippen molar-refractivity contribution in [2.45, 2.75) is 19.8 Å². The zero-order valence-corrected chi connectivity index (χ0v) is 13.6. The summed E-state index contributed by atoms with van der Waals surface area (Å²) in [6.07, 6.45) is 5.66. The number of allylic oxidation sites excluding steroid dienone is 2. The molecule has 0 unspecified atom stereocenters. The minimum atomic E-state index is 0.00288. The van der Waals surface area contributed by atoms with Crippen LogP contribution in [0.1, 0.15) is 23.1 Å². The Labute approximate surface area is 140 Å². The zero-order chi connectivity index (χ0) is 16.7. The maximum absolute atomic E-state index is 9.64. The van der Waals surface area contributed by atoms with Crippen molar-refractivity contribution in [3.05, 3.63) is 63.4 Å². The van der Waals surface area contributed by atoms with Crippen LogP contribution in [0.3, 0.4) is 0 Å². The fraction of sp³-hybridized carbons (Fsp3) is 0.263. The lowest BCUT2D eigenvalue weighted by atomic mass is 9.86. The van der Waals surface area contributed by atoms with Gasteiger partial charge in [-0.15, -0.1) is 0 Å². The average molecular weight is 320 g/mol. The quantitative estimate of drug-likeness (QED) is 0.738. The van der Waals surface area contributed by atoms with Gasteiger partial charge in [0.05, 0.1) is 11.1 Å². The van der Waals surface area contributed by atoms with Crippen molar-refractivity contribution in [3.63, 3.8) is 0 Å². The topological polar surface area (TPSA) is 83.5 Å². The van der Waals surface area contributed by atoms with Gasteiger partial charge in [0.15, 0.2) is 0 Å². The van der Waals surface area contributed by atoms with Gasteiger partial charge in [0, 0.05) is 40.9 Å². The monoisotopic (exact) mass is 320 g/mol. The molecule has 0 fully saturated rings. The number of nitrogens with two attached hydrogens (primary N) is 1. The van der Waals surface area contributed by atoms with Crippen LogP contribution in [0, 0.1) is 6.92 Å². The minimum absolute atomic E-state index is 0.00288. The number of anilines is 1. The molecule has 5 heteroatoms. The van der Waals surface area contributed by atoms with E-state index in [-0.39, 0.29) is 5.88 Å². The maximum atomic E-state index is 9.64. The number of rotatable bonds is 4. The van der Waals surface area contributed by atoms with Crippen LogP contribution >= 0.6 is 0 Å². The molecule has 0 saturated heterocycles. The normalized spacial score (nSPS) is 14.4. The molecule has 0 radical (unpaired) electrons. The molecule has 1 aromatic heterocycles. The van der Waals surface area contributed by atoms with E-state index >= 15 is 0 Å². The van der Waals surface area contributed by atoms with E-state index in [1.54, 1.807) is 12.3 Å². The van der Waals surface area contributed by atoms with Gasteiger partial charge in [-0.25, -0.2) is 9.98 Å². The van der Waals surface area contributed by atoms with Crippen LogP contribution in [0.2, 0.25) is 0 Å². The van der Waals surface area contributed by atoms with Gasteiger partial charge in [-0.2, -0.15) is 0 Å². The molecule has 0 bridgehead atoms. The first-order valence-electron chi connectivity index (χ1n) is 8.24. The van der Waals surface area contributed by atoms with Crippen molar-refractivity contribution in [1.82, 2.24) is 4.98 Å². The smallest absolute Gasteiger partial charge is 0.212 e. The Morgan fingerprint density at radius 1 is 1.33 bits per heavy atom. The lowest BCUT2D eigenvalue weighted by Gasteiger charge is -2.22. The average Bonchev–Trinajstić information content (AvgIpc) is 2.94. The van der Waals surface area contributed by atoms with Gasteiger partial charge >= 0.3 is 0 Å². The number of aromatic nitrogens is 1. The summed E-state index contributed by atoms with van der Waals surface area (Å²) in [6, 6.07) is 5.91. The van der Waals surface area contributed by atoms with Crippen LogP contribution in [-0.4, -0.2) is 23.2 Å². The van der Waals surface area contributed by atoms with Crippen molar-refractivity contribution < 1.29 is 5.11 Å². The Balaban J connectivity index is 1.95. The SMILES string of the molecule is Cc1ccc(NCCCN)c2c1CC=C1N=c3cc(O)ncc3=C12. The summed E-state index contributed by atoms with van der Waals surface area (Å²) in [4.78, 5) is 8.73. The molecular formula is C19H20N4O. The van der Waals surface area contributed by atoms with Crippen LogP contribution in [0.5, 0.6) is 5.88 Å². The van der Waals surface area contributed by atoms with E-state index in [1.807, 2.05) is 0 Å². The number of aromatic hydroxyl groups is 1. The molecule has 1 aliphatic carbocycles. The number of fused-ring (bicyclic) bond motifs is 4. The molecular weight excluding hydrogens is 300 g/mol. The van der Waals surface area contributed by atoms with Crippen LogP contribution < -0.4 is 21.6 Å². The second kappa shape index (κ2) is 5.76. The van der Waals surface area contributed by atoms with Crippen molar-refractivity contribution in [2.75, 3.05) is 18.4 Å². The number of pyridine rings is 1. The summed E-state index contributed by atoms with van der Waals surface area (Å²) >= 11 is 0.